The summed E-state index contributed by atoms with van der Waals surface area (Å²) in [5.74, 6) is 0.111. The number of carbonyl (C=O) groups excluding carboxylic acids is 1. The van der Waals surface area contributed by atoms with Crippen LogP contribution in [-0.2, 0) is 11.8 Å². The van der Waals surface area contributed by atoms with E-state index in [-0.39, 0.29) is 11.2 Å². The molecule has 2 rings (SSSR count). The highest BCUT2D eigenvalue weighted by atomic mass is 32.2. The van der Waals surface area contributed by atoms with Crippen molar-refractivity contribution in [3.63, 3.8) is 0 Å². The van der Waals surface area contributed by atoms with Gasteiger partial charge in [0.05, 0.1) is 5.25 Å². The van der Waals surface area contributed by atoms with Gasteiger partial charge in [-0.3, -0.25) is 4.79 Å². The predicted molar refractivity (Wildman–Crippen MR) is 76.0 cm³/mol. The largest absolute Gasteiger partial charge is 0.352 e. The maximum Gasteiger partial charge on any atom is 0.233 e. The van der Waals surface area contributed by atoms with E-state index in [2.05, 4.69) is 15.5 Å². The minimum Gasteiger partial charge on any atom is -0.352 e. The number of hydrogen-bond acceptors (Lipinski definition) is 4. The van der Waals surface area contributed by atoms with Gasteiger partial charge in [-0.1, -0.05) is 37.4 Å². The Labute approximate surface area is 118 Å². The Morgan fingerprint density at radius 2 is 2.11 bits per heavy atom. The van der Waals surface area contributed by atoms with Gasteiger partial charge in [-0.15, -0.1) is 10.2 Å². The number of nitrogens with one attached hydrogen (secondary N) is 1. The van der Waals surface area contributed by atoms with Crippen molar-refractivity contribution in [1.29, 1.82) is 0 Å². The Kier molecular flexibility index (Phi) is 5.24. The molecule has 0 aromatic carbocycles. The van der Waals surface area contributed by atoms with Gasteiger partial charge in [0.1, 0.15) is 6.33 Å². The maximum atomic E-state index is 12.2. The van der Waals surface area contributed by atoms with Crippen molar-refractivity contribution in [2.45, 2.75) is 61.9 Å². The van der Waals surface area contributed by atoms with Crippen LogP contribution in [0.1, 0.15) is 45.4 Å². The molecule has 1 aliphatic carbocycles. The second-order valence-corrected chi connectivity index (χ2v) is 6.49. The first-order valence-corrected chi connectivity index (χ1v) is 7.86. The van der Waals surface area contributed by atoms with Crippen LogP contribution < -0.4 is 5.32 Å². The van der Waals surface area contributed by atoms with Crippen molar-refractivity contribution in [2.75, 3.05) is 0 Å². The lowest BCUT2D eigenvalue weighted by molar-refractivity contribution is -0.121. The molecule has 19 heavy (non-hydrogen) atoms. The molecule has 0 bridgehead atoms. The molecule has 1 saturated carbocycles. The summed E-state index contributed by atoms with van der Waals surface area (Å²) < 4.78 is 1.83. The van der Waals surface area contributed by atoms with Crippen molar-refractivity contribution in [3.05, 3.63) is 6.33 Å². The Bertz CT molecular complexity index is 413. The molecular formula is C13H22N4OS. The molecule has 6 heteroatoms. The lowest BCUT2D eigenvalue weighted by Gasteiger charge is -2.18. The van der Waals surface area contributed by atoms with Crippen molar-refractivity contribution < 1.29 is 4.79 Å². The lowest BCUT2D eigenvalue weighted by Crippen LogP contribution is -2.39. The molecule has 0 radical (unpaired) electrons. The van der Waals surface area contributed by atoms with Gasteiger partial charge < -0.3 is 9.88 Å². The summed E-state index contributed by atoms with van der Waals surface area (Å²) in [7, 11) is 1.89. The van der Waals surface area contributed by atoms with Crippen molar-refractivity contribution in [1.82, 2.24) is 20.1 Å². The summed E-state index contributed by atoms with van der Waals surface area (Å²) in [6.07, 6.45) is 8.95. The molecule has 1 aromatic heterocycles. The second-order valence-electron chi connectivity index (χ2n) is 5.18. The molecule has 1 N–H and O–H groups in total. The predicted octanol–water partition coefficient (Wildman–Crippen LogP) is 2.13. The zero-order valence-electron chi connectivity index (χ0n) is 11.6. The van der Waals surface area contributed by atoms with E-state index in [0.717, 1.165) is 18.0 Å². The highest BCUT2D eigenvalue weighted by Crippen LogP contribution is 2.21. The molecule has 1 aromatic rings. The summed E-state index contributed by atoms with van der Waals surface area (Å²) in [6.45, 7) is 1.92. The third kappa shape index (κ3) is 4.23. The van der Waals surface area contributed by atoms with Crippen molar-refractivity contribution >= 4 is 17.7 Å². The average Bonchev–Trinajstić information content (AvgIpc) is 2.65. The van der Waals surface area contributed by atoms with E-state index in [0.29, 0.717) is 6.04 Å². The normalized spacial score (nSPS) is 18.8. The van der Waals surface area contributed by atoms with E-state index in [4.69, 9.17) is 0 Å². The summed E-state index contributed by atoms with van der Waals surface area (Å²) in [4.78, 5) is 12.2. The van der Waals surface area contributed by atoms with Crippen LogP contribution in [0.25, 0.3) is 0 Å². The molecule has 1 fully saturated rings. The SMILES string of the molecule is C[C@@H](Sc1nncn1C)C(=O)NC1CCCCCC1. The highest BCUT2D eigenvalue weighted by molar-refractivity contribution is 8.00. The Morgan fingerprint density at radius 3 is 2.68 bits per heavy atom. The molecule has 0 spiro atoms. The van der Waals surface area contributed by atoms with Gasteiger partial charge in [-0.25, -0.2) is 0 Å². The Balaban J connectivity index is 1.83. The number of aromatic nitrogens is 3. The van der Waals surface area contributed by atoms with Crippen LogP contribution >= 0.6 is 11.8 Å². The molecule has 1 amide bonds. The van der Waals surface area contributed by atoms with Crippen molar-refractivity contribution in [2.24, 2.45) is 7.05 Å². The molecule has 5 nitrogen and oxygen atoms in total. The third-order valence-electron chi connectivity index (χ3n) is 3.52. The van der Waals surface area contributed by atoms with Crippen LogP contribution in [0.5, 0.6) is 0 Å². The third-order valence-corrected chi connectivity index (χ3v) is 4.67. The summed E-state index contributed by atoms with van der Waals surface area (Å²) in [6, 6.07) is 0.359. The van der Waals surface area contributed by atoms with E-state index in [9.17, 15) is 4.79 Å². The van der Waals surface area contributed by atoms with Crippen LogP contribution in [0.3, 0.4) is 0 Å². The smallest absolute Gasteiger partial charge is 0.233 e. The summed E-state index contributed by atoms with van der Waals surface area (Å²) >= 11 is 1.46. The van der Waals surface area contributed by atoms with Gasteiger partial charge in [-0.05, 0) is 19.8 Å². The summed E-state index contributed by atoms with van der Waals surface area (Å²) in [5.41, 5.74) is 0. The van der Waals surface area contributed by atoms with E-state index < -0.39 is 0 Å². The maximum absolute atomic E-state index is 12.2. The van der Waals surface area contributed by atoms with Crippen LogP contribution in [0.15, 0.2) is 11.5 Å². The van der Waals surface area contributed by atoms with Gasteiger partial charge in [0.2, 0.25) is 5.91 Å². The molecule has 0 saturated heterocycles. The second kappa shape index (κ2) is 6.93. The quantitative estimate of drug-likeness (QED) is 0.679. The zero-order valence-corrected chi connectivity index (χ0v) is 12.4. The topological polar surface area (TPSA) is 59.8 Å². The Hall–Kier alpha value is -1.04. The standard InChI is InChI=1S/C13H22N4OS/c1-10(19-13-16-14-9-17(13)2)12(18)15-11-7-5-3-4-6-8-11/h9-11H,3-8H2,1-2H3,(H,15,18)/t10-/m1/s1. The van der Waals surface area contributed by atoms with Gasteiger partial charge in [0.15, 0.2) is 5.16 Å². The number of nitrogens with zero attached hydrogens (tertiary/aromatic N) is 3. The lowest BCUT2D eigenvalue weighted by atomic mass is 10.1. The number of hydrogen-bond donors (Lipinski definition) is 1. The molecule has 0 aliphatic heterocycles. The highest BCUT2D eigenvalue weighted by Gasteiger charge is 2.21. The minimum atomic E-state index is -0.133. The van der Waals surface area contributed by atoms with Gasteiger partial charge in [0, 0.05) is 13.1 Å². The minimum absolute atomic E-state index is 0.111. The number of amides is 1. The van der Waals surface area contributed by atoms with Gasteiger partial charge in [-0.2, -0.15) is 0 Å². The fourth-order valence-electron chi connectivity index (χ4n) is 2.33. The molecule has 106 valence electrons. The van der Waals surface area contributed by atoms with Crippen LogP contribution in [0.2, 0.25) is 0 Å². The van der Waals surface area contributed by atoms with Crippen LogP contribution in [0, 0.1) is 0 Å². The van der Waals surface area contributed by atoms with Gasteiger partial charge in [0.25, 0.3) is 0 Å². The molecule has 1 heterocycles. The number of thioether (sulfide) groups is 1. The molecule has 0 unspecified atom stereocenters. The van der Waals surface area contributed by atoms with Crippen LogP contribution in [0.4, 0.5) is 0 Å². The molecule has 1 aliphatic rings. The molecular weight excluding hydrogens is 260 g/mol. The monoisotopic (exact) mass is 282 g/mol. The summed E-state index contributed by atoms with van der Waals surface area (Å²) in [5, 5.41) is 11.6. The van der Waals surface area contributed by atoms with Gasteiger partial charge >= 0.3 is 0 Å². The van der Waals surface area contributed by atoms with E-state index in [1.807, 2.05) is 18.5 Å². The number of carbonyl (C=O) groups is 1. The van der Waals surface area contributed by atoms with E-state index in [1.165, 1.54) is 37.4 Å². The first-order chi connectivity index (χ1) is 9.16. The zero-order chi connectivity index (χ0) is 13.7. The Morgan fingerprint density at radius 1 is 1.42 bits per heavy atom. The fourth-order valence-corrected chi connectivity index (χ4v) is 3.13. The van der Waals surface area contributed by atoms with Crippen LogP contribution in [-0.4, -0.2) is 32.0 Å². The molecule has 1 atom stereocenters. The number of aryl methyl sites for hydroxylation is 1. The van der Waals surface area contributed by atoms with E-state index >= 15 is 0 Å². The first-order valence-electron chi connectivity index (χ1n) is 6.98. The fraction of sp³-hybridized carbons (Fsp3) is 0.769. The number of rotatable bonds is 4. The first kappa shape index (κ1) is 14.4. The van der Waals surface area contributed by atoms with Crippen molar-refractivity contribution in [3.8, 4) is 0 Å². The average molecular weight is 282 g/mol. The van der Waals surface area contributed by atoms with E-state index in [1.54, 1.807) is 6.33 Å².